The van der Waals surface area contributed by atoms with Crippen LogP contribution in [0.4, 0.5) is 0 Å². The van der Waals surface area contributed by atoms with E-state index in [1.807, 2.05) is 0 Å². The van der Waals surface area contributed by atoms with Crippen molar-refractivity contribution < 1.29 is 74.4 Å². The monoisotopic (exact) mass is 232 g/mol. The first-order valence-electron chi connectivity index (χ1n) is 0. The summed E-state index contributed by atoms with van der Waals surface area (Å²) >= 11 is 0. The summed E-state index contributed by atoms with van der Waals surface area (Å²) in [5.74, 6) is 0. The molecule has 0 heterocycles. The van der Waals surface area contributed by atoms with Gasteiger partial charge in [-0.05, 0) is 0 Å². The van der Waals surface area contributed by atoms with Crippen LogP contribution in [0.25, 0.3) is 0 Å². The minimum absolute atomic E-state index is 0. The maximum atomic E-state index is 0. The maximum absolute atomic E-state index is 0. The molecule has 0 saturated carbocycles. The topological polar surface area (TPSA) is 0 Å². The molecule has 0 aromatic heterocycles. The maximum Gasteiger partial charge on any atom is 3.00 e. The Labute approximate surface area is 90.9 Å². The molecule has 0 amide bonds. The van der Waals surface area contributed by atoms with Crippen molar-refractivity contribution >= 4 is 16.8 Å². The Morgan fingerprint density at radius 1 is 0.250 bits per heavy atom. The molecule has 0 aromatic rings. The molecule has 48 valence electrons. The molecule has 0 radical (unpaired) electrons. The summed E-state index contributed by atoms with van der Waals surface area (Å²) in [5.41, 5.74) is 0. The van der Waals surface area contributed by atoms with Crippen LogP contribution in [-0.4, -0.2) is 16.8 Å². The second kappa shape index (κ2) is 157. The quantitative estimate of drug-likeness (QED) is 0.365. The third kappa shape index (κ3) is 106. The van der Waals surface area contributed by atoms with Crippen LogP contribution >= 0.6 is 0 Å². The minimum atomic E-state index is 0. The summed E-state index contributed by atoms with van der Waals surface area (Å²) in [6, 6.07) is 0. The number of halogens is 6. The first-order chi connectivity index (χ1) is 0. The average molecular weight is 234 g/mol. The van der Waals surface area contributed by atoms with E-state index < -0.39 is 0 Å². The summed E-state index contributed by atoms with van der Waals surface area (Å²) in [5, 5.41) is 0. The summed E-state index contributed by atoms with van der Waals surface area (Å²) in [6.45, 7) is 0. The van der Waals surface area contributed by atoms with E-state index in [0.717, 1.165) is 0 Å². The van der Waals surface area contributed by atoms with Gasteiger partial charge in [-0.2, -0.15) is 0 Å². The molecule has 0 aliphatic heterocycles. The van der Waals surface area contributed by atoms with Gasteiger partial charge in [-0.3, -0.25) is 0 Å². The van der Waals surface area contributed by atoms with Crippen LogP contribution in [0.5, 0.6) is 0 Å². The van der Waals surface area contributed by atoms with Gasteiger partial charge in [-0.15, -0.1) is 0 Å². The van der Waals surface area contributed by atoms with E-state index in [0.29, 0.717) is 0 Å². The first kappa shape index (κ1) is 222. The molecule has 0 rings (SSSR count). The van der Waals surface area contributed by atoms with E-state index in [9.17, 15) is 0 Å². The van der Waals surface area contributed by atoms with Crippen molar-refractivity contribution in [1.29, 1.82) is 0 Å². The number of hydrogen-bond donors (Lipinski definition) is 0. The Hall–Kier alpha value is 1.87. The van der Waals surface area contributed by atoms with Crippen LogP contribution in [0.15, 0.2) is 0 Å². The van der Waals surface area contributed by atoms with E-state index in [2.05, 4.69) is 0 Å². The molecule has 0 N–H and O–H groups in total. The smallest absolute Gasteiger partial charge is 1.00 e. The zero-order valence-corrected chi connectivity index (χ0v) is 7.96. The fourth-order valence-corrected chi connectivity index (χ4v) is 0. The molecular weight excluding hydrogens is 234 g/mol. The molecule has 0 aromatic carbocycles. The third-order valence-corrected chi connectivity index (χ3v) is 0. The van der Waals surface area contributed by atoms with Gasteiger partial charge in [0.25, 0.3) is 0 Å². The van der Waals surface area contributed by atoms with Gasteiger partial charge in [-0.1, -0.05) is 0 Å². The Morgan fingerprint density at radius 3 is 0.250 bits per heavy atom. The Morgan fingerprint density at radius 2 is 0.250 bits per heavy atom. The van der Waals surface area contributed by atoms with Crippen molar-refractivity contribution in [2.24, 2.45) is 0 Å². The van der Waals surface area contributed by atoms with Gasteiger partial charge >= 0.3 is 16.8 Å². The fraction of sp³-hybridized carbons (Fsp3) is 0. The van der Waals surface area contributed by atoms with Gasteiger partial charge < -0.3 is 74.4 Å². The van der Waals surface area contributed by atoms with Crippen LogP contribution in [0.3, 0.4) is 0 Å². The normalized spacial score (nSPS) is 0. The number of hydrogen-bond acceptors (Lipinski definition) is 0. The van der Waals surface area contributed by atoms with E-state index in [4.69, 9.17) is 0 Å². The predicted octanol–water partition coefficient (Wildman–Crippen LogP) is -18.7. The van der Waals surface area contributed by atoms with Crippen LogP contribution in [0.2, 0.25) is 0 Å². The predicted molar refractivity (Wildman–Crippen MR) is 11.5 cm³/mol. The Kier molecular flexibility index (Phi) is 4360. The molecule has 8 heavy (non-hydrogen) atoms. The van der Waals surface area contributed by atoms with Crippen LogP contribution < -0.4 is 74.4 Å². The van der Waals surface area contributed by atoms with Crippen LogP contribution in [0.1, 0.15) is 0 Å². The molecule has 0 nitrogen and oxygen atoms in total. The van der Waals surface area contributed by atoms with Crippen LogP contribution in [-0.2, 0) is 0 Å². The van der Waals surface area contributed by atoms with E-state index in [1.54, 1.807) is 0 Å². The van der Waals surface area contributed by atoms with Gasteiger partial charge in [0.2, 0.25) is 0 Å². The third-order valence-electron chi connectivity index (χ3n) is 0. The Bertz CT molecular complexity index is 6.49. The van der Waals surface area contributed by atoms with E-state index in [-0.39, 0.29) is 91.3 Å². The van der Waals surface area contributed by atoms with Crippen molar-refractivity contribution in [3.63, 3.8) is 0 Å². The first-order valence-corrected chi connectivity index (χ1v) is 0. The molecule has 0 spiro atoms. The second-order valence-electron chi connectivity index (χ2n) is 0. The molecule has 0 aliphatic carbocycles. The van der Waals surface area contributed by atoms with Crippen molar-refractivity contribution in [2.75, 3.05) is 0 Å². The van der Waals surface area contributed by atoms with Gasteiger partial charge in [0.05, 0.1) is 0 Å². The molecule has 0 fully saturated rings. The molecule has 0 atom stereocenters. The van der Waals surface area contributed by atoms with Gasteiger partial charge in [0, 0.05) is 0 Å². The zero-order valence-electron chi connectivity index (χ0n) is 3.42. The molecule has 0 unspecified atom stereocenters. The SMILES string of the molecule is [B+3].[B+3].[Cl-].[Cl-].[Cl-].[Cl-].[Cl-].[Cl-]. The number of rotatable bonds is 0. The summed E-state index contributed by atoms with van der Waals surface area (Å²) in [4.78, 5) is 0. The van der Waals surface area contributed by atoms with E-state index in [1.165, 1.54) is 0 Å². The van der Waals surface area contributed by atoms with Crippen molar-refractivity contribution in [3.8, 4) is 0 Å². The molecule has 0 saturated heterocycles. The summed E-state index contributed by atoms with van der Waals surface area (Å²) in [6.07, 6.45) is 0. The molecule has 0 aliphatic rings. The second-order valence-corrected chi connectivity index (χ2v) is 0. The summed E-state index contributed by atoms with van der Waals surface area (Å²) in [7, 11) is 0. The van der Waals surface area contributed by atoms with Crippen molar-refractivity contribution in [3.05, 3.63) is 0 Å². The standard InChI is InChI=1S/2B.6ClH/h;;6*1H/q2*+3;;;;;;/p-6. The Balaban J connectivity index is 0. The van der Waals surface area contributed by atoms with Gasteiger partial charge in [0.15, 0.2) is 0 Å². The largest absolute Gasteiger partial charge is 3.00 e. The van der Waals surface area contributed by atoms with Crippen molar-refractivity contribution in [2.45, 2.75) is 0 Å². The van der Waals surface area contributed by atoms with Crippen molar-refractivity contribution in [1.82, 2.24) is 0 Å². The van der Waals surface area contributed by atoms with E-state index >= 15 is 0 Å². The molecule has 0 bridgehead atoms. The average Bonchev–Trinajstić information content (AvgIpc) is 0. The van der Waals surface area contributed by atoms with Gasteiger partial charge in [0.1, 0.15) is 0 Å². The summed E-state index contributed by atoms with van der Waals surface area (Å²) < 4.78 is 0. The fourth-order valence-electron chi connectivity index (χ4n) is 0. The molecular formula is B2Cl6. The zero-order chi connectivity index (χ0) is 0. The minimum Gasteiger partial charge on any atom is -1.00 e. The van der Waals surface area contributed by atoms with Gasteiger partial charge in [-0.25, -0.2) is 0 Å². The van der Waals surface area contributed by atoms with Crippen LogP contribution in [0, 0.1) is 0 Å². The molecule has 8 heteroatoms.